The van der Waals surface area contributed by atoms with Gasteiger partial charge < -0.3 is 14.4 Å². The van der Waals surface area contributed by atoms with E-state index in [1.165, 1.54) is 36.4 Å². The van der Waals surface area contributed by atoms with E-state index in [2.05, 4.69) is 0 Å². The molecule has 1 atom stereocenters. The Labute approximate surface area is 186 Å². The number of benzene rings is 3. The van der Waals surface area contributed by atoms with Crippen molar-refractivity contribution in [3.05, 3.63) is 93.0 Å². The zero-order chi connectivity index (χ0) is 21.8. The number of nitrogens with zero attached hydrogens (tertiary/aromatic N) is 1. The first-order valence-electron chi connectivity index (χ1n) is 9.60. The van der Waals surface area contributed by atoms with Crippen molar-refractivity contribution >= 4 is 29.1 Å². The molecule has 1 saturated heterocycles. The van der Waals surface area contributed by atoms with Gasteiger partial charge in [-0.05, 0) is 55.0 Å². The van der Waals surface area contributed by atoms with Gasteiger partial charge in [-0.15, -0.1) is 0 Å². The summed E-state index contributed by atoms with van der Waals surface area (Å²) in [6.45, 7) is 1.18. The fourth-order valence-corrected chi connectivity index (χ4v) is 4.22. The minimum absolute atomic E-state index is 0.0980. The van der Waals surface area contributed by atoms with Gasteiger partial charge in [0, 0.05) is 29.7 Å². The van der Waals surface area contributed by atoms with Crippen LogP contribution in [0, 0.1) is 11.6 Å². The summed E-state index contributed by atoms with van der Waals surface area (Å²) >= 11 is 12.5. The molecule has 0 spiro atoms. The van der Waals surface area contributed by atoms with Crippen molar-refractivity contribution in [2.45, 2.75) is 12.2 Å². The lowest BCUT2D eigenvalue weighted by atomic mass is 9.97. The molecular formula is C23H15Cl2F2NO3. The van der Waals surface area contributed by atoms with Crippen LogP contribution in [0.3, 0.4) is 0 Å². The van der Waals surface area contributed by atoms with Crippen LogP contribution in [0.2, 0.25) is 10.0 Å². The standard InChI is InChI=1S/C23H15Cl2F2NO3/c24-14-4-7-17(18(25)10-14)23(13-2-5-15(26)6-3-13)30-20-11-16(19(27)12-21(20)31-23)22(29)28-8-1-9-28/h2-7,10-12H,1,8-9H2. The zero-order valence-electron chi connectivity index (χ0n) is 16.0. The summed E-state index contributed by atoms with van der Waals surface area (Å²) < 4.78 is 40.7. The van der Waals surface area contributed by atoms with Gasteiger partial charge in [0.1, 0.15) is 11.6 Å². The summed E-state index contributed by atoms with van der Waals surface area (Å²) in [4.78, 5) is 14.1. The highest BCUT2D eigenvalue weighted by Gasteiger charge is 2.47. The highest BCUT2D eigenvalue weighted by Crippen LogP contribution is 2.50. The van der Waals surface area contributed by atoms with E-state index < -0.39 is 23.3 Å². The predicted molar refractivity (Wildman–Crippen MR) is 112 cm³/mol. The van der Waals surface area contributed by atoms with Gasteiger partial charge in [0.25, 0.3) is 5.91 Å². The number of likely N-dealkylation sites (tertiary alicyclic amines) is 1. The van der Waals surface area contributed by atoms with Crippen molar-refractivity contribution in [3.63, 3.8) is 0 Å². The maximum Gasteiger partial charge on any atom is 0.307 e. The molecule has 1 fully saturated rings. The first-order chi connectivity index (χ1) is 14.9. The van der Waals surface area contributed by atoms with Gasteiger partial charge in [0.15, 0.2) is 11.5 Å². The lowest BCUT2D eigenvalue weighted by molar-refractivity contribution is -0.0459. The Kier molecular flexibility index (Phi) is 4.79. The monoisotopic (exact) mass is 461 g/mol. The summed E-state index contributed by atoms with van der Waals surface area (Å²) in [5.74, 6) is -2.88. The number of halogens is 4. The van der Waals surface area contributed by atoms with Gasteiger partial charge in [0.2, 0.25) is 0 Å². The second-order valence-electron chi connectivity index (χ2n) is 7.38. The third kappa shape index (κ3) is 3.30. The molecule has 3 aromatic carbocycles. The van der Waals surface area contributed by atoms with Crippen LogP contribution < -0.4 is 9.47 Å². The number of rotatable bonds is 3. The normalized spacial score (nSPS) is 19.3. The van der Waals surface area contributed by atoms with Crippen LogP contribution in [-0.4, -0.2) is 23.9 Å². The van der Waals surface area contributed by atoms with Crippen molar-refractivity contribution in [2.75, 3.05) is 13.1 Å². The minimum Gasteiger partial charge on any atom is -0.440 e. The highest BCUT2D eigenvalue weighted by atomic mass is 35.5. The Balaban J connectivity index is 1.63. The van der Waals surface area contributed by atoms with Crippen molar-refractivity contribution in [2.24, 2.45) is 0 Å². The average Bonchev–Trinajstić information content (AvgIpc) is 3.05. The molecule has 4 nitrogen and oxygen atoms in total. The Morgan fingerprint density at radius 2 is 1.61 bits per heavy atom. The number of fused-ring (bicyclic) bond motifs is 1. The second kappa shape index (κ2) is 7.39. The molecule has 0 N–H and O–H groups in total. The summed E-state index contributed by atoms with van der Waals surface area (Å²) in [6.07, 6.45) is 0.890. The van der Waals surface area contributed by atoms with Crippen molar-refractivity contribution in [3.8, 4) is 11.5 Å². The smallest absolute Gasteiger partial charge is 0.307 e. The maximum atomic E-state index is 14.8. The molecule has 0 saturated carbocycles. The molecule has 31 heavy (non-hydrogen) atoms. The lowest BCUT2D eigenvalue weighted by Gasteiger charge is -2.31. The molecule has 3 aromatic rings. The van der Waals surface area contributed by atoms with Crippen LogP contribution in [0.4, 0.5) is 8.78 Å². The zero-order valence-corrected chi connectivity index (χ0v) is 17.5. The van der Waals surface area contributed by atoms with Crippen LogP contribution in [0.1, 0.15) is 27.9 Å². The first-order valence-corrected chi connectivity index (χ1v) is 10.4. The van der Waals surface area contributed by atoms with E-state index in [9.17, 15) is 13.6 Å². The summed E-state index contributed by atoms with van der Waals surface area (Å²) in [6, 6.07) is 12.7. The van der Waals surface area contributed by atoms with Crippen LogP contribution in [0.25, 0.3) is 0 Å². The third-order valence-corrected chi connectivity index (χ3v) is 5.97. The summed E-state index contributed by atoms with van der Waals surface area (Å²) in [7, 11) is 0. The number of ether oxygens (including phenoxy) is 2. The quantitative estimate of drug-likeness (QED) is 0.495. The molecule has 2 heterocycles. The van der Waals surface area contributed by atoms with Crippen LogP contribution in [-0.2, 0) is 5.79 Å². The second-order valence-corrected chi connectivity index (χ2v) is 8.22. The Morgan fingerprint density at radius 1 is 0.935 bits per heavy atom. The fourth-order valence-electron chi connectivity index (χ4n) is 3.69. The van der Waals surface area contributed by atoms with Gasteiger partial charge in [0.05, 0.1) is 16.1 Å². The number of amides is 1. The van der Waals surface area contributed by atoms with Crippen LogP contribution in [0.15, 0.2) is 54.6 Å². The third-order valence-electron chi connectivity index (χ3n) is 5.42. The van der Waals surface area contributed by atoms with Gasteiger partial charge in [-0.1, -0.05) is 23.2 Å². The SMILES string of the molecule is O=C(c1cc2c(cc1F)OC(c1ccc(F)cc1)(c1ccc(Cl)cc1Cl)O2)N1CCC1. The number of hydrogen-bond acceptors (Lipinski definition) is 3. The van der Waals surface area contributed by atoms with E-state index in [1.54, 1.807) is 17.0 Å². The summed E-state index contributed by atoms with van der Waals surface area (Å²) in [5, 5.41) is 0.661. The Hall–Kier alpha value is -2.83. The molecule has 5 rings (SSSR count). The number of carbonyl (C=O) groups is 1. The summed E-state index contributed by atoms with van der Waals surface area (Å²) in [5.41, 5.74) is 0.738. The van der Waals surface area contributed by atoms with Gasteiger partial charge in [-0.2, -0.15) is 0 Å². The molecular weight excluding hydrogens is 447 g/mol. The van der Waals surface area contributed by atoms with E-state index in [0.717, 1.165) is 12.5 Å². The predicted octanol–water partition coefficient (Wildman–Crippen LogP) is 5.79. The van der Waals surface area contributed by atoms with E-state index in [0.29, 0.717) is 29.2 Å². The molecule has 0 bridgehead atoms. The number of carbonyl (C=O) groups excluding carboxylic acids is 1. The van der Waals surface area contributed by atoms with Gasteiger partial charge in [-0.3, -0.25) is 4.79 Å². The molecule has 1 amide bonds. The van der Waals surface area contributed by atoms with Gasteiger partial charge >= 0.3 is 5.79 Å². The van der Waals surface area contributed by atoms with E-state index in [4.69, 9.17) is 32.7 Å². The molecule has 2 aliphatic rings. The fraction of sp³-hybridized carbons (Fsp3) is 0.174. The molecule has 8 heteroatoms. The lowest BCUT2D eigenvalue weighted by Crippen LogP contribution is -2.42. The first kappa shape index (κ1) is 20.1. The van der Waals surface area contributed by atoms with E-state index in [-0.39, 0.29) is 22.1 Å². The Bertz CT molecular complexity index is 1200. The average molecular weight is 462 g/mol. The molecule has 0 radical (unpaired) electrons. The van der Waals surface area contributed by atoms with Crippen molar-refractivity contribution in [1.82, 2.24) is 4.90 Å². The van der Waals surface area contributed by atoms with Crippen LogP contribution in [0.5, 0.6) is 11.5 Å². The van der Waals surface area contributed by atoms with Crippen LogP contribution >= 0.6 is 23.2 Å². The van der Waals surface area contributed by atoms with Crippen molar-refractivity contribution < 1.29 is 23.0 Å². The molecule has 1 unspecified atom stereocenters. The topological polar surface area (TPSA) is 38.8 Å². The minimum atomic E-state index is -1.61. The van der Waals surface area contributed by atoms with E-state index in [1.807, 2.05) is 0 Å². The van der Waals surface area contributed by atoms with Crippen molar-refractivity contribution in [1.29, 1.82) is 0 Å². The molecule has 0 aromatic heterocycles. The van der Waals surface area contributed by atoms with E-state index >= 15 is 0 Å². The Morgan fingerprint density at radius 3 is 2.23 bits per heavy atom. The molecule has 2 aliphatic heterocycles. The van der Waals surface area contributed by atoms with Gasteiger partial charge in [-0.25, -0.2) is 8.78 Å². The maximum absolute atomic E-state index is 14.8. The highest BCUT2D eigenvalue weighted by molar-refractivity contribution is 6.35. The largest absolute Gasteiger partial charge is 0.440 e. The molecule has 158 valence electrons. The molecule has 0 aliphatic carbocycles. The number of hydrogen-bond donors (Lipinski definition) is 0.